The van der Waals surface area contributed by atoms with E-state index < -0.39 is 0 Å². The molecule has 2 N–H and O–H groups in total. The zero-order valence-electron chi connectivity index (χ0n) is 16.7. The molecule has 2 aromatic rings. The number of anilines is 1. The number of fused-ring (bicyclic) bond motifs is 1. The predicted molar refractivity (Wildman–Crippen MR) is 114 cm³/mol. The monoisotopic (exact) mass is 378 g/mol. The quantitative estimate of drug-likeness (QED) is 0.811. The molecule has 0 aromatic heterocycles. The minimum absolute atomic E-state index is 0.103. The highest BCUT2D eigenvalue weighted by Gasteiger charge is 2.26. The van der Waals surface area contributed by atoms with Crippen LogP contribution >= 0.6 is 0 Å². The third-order valence-corrected chi connectivity index (χ3v) is 5.95. The molecular formula is C23H30N4O. The maximum absolute atomic E-state index is 12.3. The third kappa shape index (κ3) is 4.30. The fraction of sp³-hybridized carbons (Fsp3) is 0.435. The van der Waals surface area contributed by atoms with Gasteiger partial charge in [-0.2, -0.15) is 0 Å². The average molecular weight is 379 g/mol. The van der Waals surface area contributed by atoms with Gasteiger partial charge >= 0.3 is 6.03 Å². The molecule has 0 aliphatic carbocycles. The van der Waals surface area contributed by atoms with E-state index in [1.54, 1.807) is 0 Å². The summed E-state index contributed by atoms with van der Waals surface area (Å²) in [6, 6.07) is 17.0. The number of hydrogen-bond acceptors (Lipinski definition) is 3. The summed E-state index contributed by atoms with van der Waals surface area (Å²) in [4.78, 5) is 17.2. The molecule has 148 valence electrons. The molecule has 2 aliphatic rings. The highest BCUT2D eigenvalue weighted by atomic mass is 16.2. The molecule has 5 heteroatoms. The second-order valence-electron chi connectivity index (χ2n) is 7.87. The summed E-state index contributed by atoms with van der Waals surface area (Å²) in [5.41, 5.74) is 5.20. The summed E-state index contributed by atoms with van der Waals surface area (Å²) in [6.45, 7) is 4.48. The Kier molecular flexibility index (Phi) is 5.81. The lowest BCUT2D eigenvalue weighted by molar-refractivity contribution is 0.220. The number of benzene rings is 2. The Bertz CT molecular complexity index is 802. The highest BCUT2D eigenvalue weighted by Crippen LogP contribution is 2.32. The van der Waals surface area contributed by atoms with E-state index in [9.17, 15) is 4.79 Å². The topological polar surface area (TPSA) is 47.6 Å². The number of likely N-dealkylation sites (tertiary alicyclic amines) is 1. The van der Waals surface area contributed by atoms with Crippen molar-refractivity contribution in [2.75, 3.05) is 38.1 Å². The molecule has 5 nitrogen and oxygen atoms in total. The Morgan fingerprint density at radius 1 is 1.04 bits per heavy atom. The summed E-state index contributed by atoms with van der Waals surface area (Å²) in [5, 5.41) is 6.07. The van der Waals surface area contributed by atoms with Gasteiger partial charge in [0, 0.05) is 32.4 Å². The summed E-state index contributed by atoms with van der Waals surface area (Å²) in [6.07, 6.45) is 3.59. The van der Waals surface area contributed by atoms with Gasteiger partial charge in [0.25, 0.3) is 0 Å². The number of amides is 2. The number of urea groups is 1. The molecule has 28 heavy (non-hydrogen) atoms. The molecule has 2 aliphatic heterocycles. The van der Waals surface area contributed by atoms with Crippen LogP contribution in [-0.2, 0) is 13.0 Å². The van der Waals surface area contributed by atoms with Crippen molar-refractivity contribution in [3.8, 4) is 0 Å². The van der Waals surface area contributed by atoms with Crippen molar-refractivity contribution in [1.29, 1.82) is 0 Å². The molecular weight excluding hydrogens is 348 g/mol. The minimum Gasteiger partial charge on any atom is -0.374 e. The van der Waals surface area contributed by atoms with E-state index in [0.717, 1.165) is 31.6 Å². The lowest BCUT2D eigenvalue weighted by Crippen LogP contribution is -2.41. The average Bonchev–Trinajstić information content (AvgIpc) is 3.38. The molecule has 0 radical (unpaired) electrons. The van der Waals surface area contributed by atoms with Crippen LogP contribution in [0.3, 0.4) is 0 Å². The summed E-state index contributed by atoms with van der Waals surface area (Å²) >= 11 is 0. The van der Waals surface area contributed by atoms with E-state index in [1.165, 1.54) is 29.7 Å². The first-order valence-corrected chi connectivity index (χ1v) is 10.3. The lowest BCUT2D eigenvalue weighted by Gasteiger charge is -2.29. The first-order valence-electron chi connectivity index (χ1n) is 10.3. The zero-order valence-corrected chi connectivity index (χ0v) is 16.7. The van der Waals surface area contributed by atoms with Gasteiger partial charge in [-0.25, -0.2) is 4.79 Å². The van der Waals surface area contributed by atoms with Crippen molar-refractivity contribution in [2.45, 2.75) is 31.8 Å². The van der Waals surface area contributed by atoms with Crippen molar-refractivity contribution in [1.82, 2.24) is 15.5 Å². The number of carbonyl (C=O) groups is 1. The molecule has 0 bridgehead atoms. The Balaban J connectivity index is 1.40. The van der Waals surface area contributed by atoms with Gasteiger partial charge in [-0.1, -0.05) is 42.5 Å². The van der Waals surface area contributed by atoms with Crippen LogP contribution in [0.4, 0.5) is 10.5 Å². The Hall–Kier alpha value is -2.53. The number of rotatable bonds is 6. The van der Waals surface area contributed by atoms with Crippen molar-refractivity contribution in [2.24, 2.45) is 0 Å². The van der Waals surface area contributed by atoms with Gasteiger partial charge in [-0.15, -0.1) is 0 Å². The summed E-state index contributed by atoms with van der Waals surface area (Å²) in [5.74, 6) is 0. The number of nitrogens with one attached hydrogen (secondary N) is 2. The Morgan fingerprint density at radius 2 is 1.82 bits per heavy atom. The molecule has 0 saturated carbocycles. The number of hydrogen-bond donors (Lipinski definition) is 2. The fourth-order valence-corrected chi connectivity index (χ4v) is 4.34. The number of likely N-dealkylation sites (N-methyl/N-ethyl adjacent to an activating group) is 1. The maximum atomic E-state index is 12.3. The Labute approximate surface area is 167 Å². The van der Waals surface area contributed by atoms with Gasteiger partial charge in [0.15, 0.2) is 0 Å². The molecule has 2 heterocycles. The molecule has 0 unspecified atom stereocenters. The van der Waals surface area contributed by atoms with E-state index in [0.29, 0.717) is 13.1 Å². The van der Waals surface area contributed by atoms with E-state index in [2.05, 4.69) is 45.7 Å². The van der Waals surface area contributed by atoms with Gasteiger partial charge in [0.05, 0.1) is 6.04 Å². The second kappa shape index (κ2) is 8.65. The SMILES string of the molecule is CN1CCc2cc([C@@H](CNC(=O)NCc3ccccc3)N3CCCC3)ccc21. The Morgan fingerprint density at radius 3 is 2.61 bits per heavy atom. The van der Waals surface area contributed by atoms with Crippen LogP contribution in [0.2, 0.25) is 0 Å². The van der Waals surface area contributed by atoms with Crippen molar-refractivity contribution >= 4 is 11.7 Å². The second-order valence-corrected chi connectivity index (χ2v) is 7.87. The van der Waals surface area contributed by atoms with Crippen molar-refractivity contribution in [3.63, 3.8) is 0 Å². The van der Waals surface area contributed by atoms with Gasteiger partial charge in [0.2, 0.25) is 0 Å². The number of nitrogens with zero attached hydrogens (tertiary/aromatic N) is 2. The zero-order chi connectivity index (χ0) is 19.3. The predicted octanol–water partition coefficient (Wildman–Crippen LogP) is 3.32. The largest absolute Gasteiger partial charge is 0.374 e. The van der Waals surface area contributed by atoms with Gasteiger partial charge < -0.3 is 15.5 Å². The summed E-state index contributed by atoms with van der Waals surface area (Å²) < 4.78 is 0. The van der Waals surface area contributed by atoms with Crippen LogP contribution in [0.25, 0.3) is 0 Å². The normalized spacial score (nSPS) is 17.4. The van der Waals surface area contributed by atoms with Crippen LogP contribution in [-0.4, -0.2) is 44.2 Å². The highest BCUT2D eigenvalue weighted by molar-refractivity contribution is 5.73. The fourth-order valence-electron chi connectivity index (χ4n) is 4.34. The van der Waals surface area contributed by atoms with Crippen LogP contribution < -0.4 is 15.5 Å². The van der Waals surface area contributed by atoms with Crippen LogP contribution in [0.15, 0.2) is 48.5 Å². The van der Waals surface area contributed by atoms with Crippen LogP contribution in [0, 0.1) is 0 Å². The molecule has 2 aromatic carbocycles. The van der Waals surface area contributed by atoms with E-state index in [4.69, 9.17) is 0 Å². The molecule has 4 rings (SSSR count). The first-order chi connectivity index (χ1) is 13.7. The first kappa shape index (κ1) is 18.8. The minimum atomic E-state index is -0.103. The van der Waals surface area contributed by atoms with Crippen LogP contribution in [0.5, 0.6) is 0 Å². The maximum Gasteiger partial charge on any atom is 0.315 e. The molecule has 1 fully saturated rings. The van der Waals surface area contributed by atoms with E-state index >= 15 is 0 Å². The van der Waals surface area contributed by atoms with Crippen molar-refractivity contribution < 1.29 is 4.79 Å². The molecule has 0 spiro atoms. The van der Waals surface area contributed by atoms with Gasteiger partial charge in [0.1, 0.15) is 0 Å². The third-order valence-electron chi connectivity index (χ3n) is 5.95. The van der Waals surface area contributed by atoms with E-state index in [-0.39, 0.29) is 12.1 Å². The molecule has 1 atom stereocenters. The van der Waals surface area contributed by atoms with Gasteiger partial charge in [-0.3, -0.25) is 4.90 Å². The lowest BCUT2D eigenvalue weighted by atomic mass is 10.0. The van der Waals surface area contributed by atoms with Crippen LogP contribution in [0.1, 0.15) is 35.6 Å². The number of carbonyl (C=O) groups excluding carboxylic acids is 1. The van der Waals surface area contributed by atoms with Crippen molar-refractivity contribution in [3.05, 3.63) is 65.2 Å². The molecule has 2 amide bonds. The standard InChI is InChI=1S/C23H30N4O/c1-26-14-11-20-15-19(9-10-21(20)26)22(27-12-5-6-13-27)17-25-23(28)24-16-18-7-3-2-4-8-18/h2-4,7-10,15,22H,5-6,11-14,16-17H2,1H3,(H2,24,25,28)/t22-/m1/s1. The molecule has 1 saturated heterocycles. The van der Waals surface area contributed by atoms with Gasteiger partial charge in [-0.05, 0) is 55.1 Å². The summed E-state index contributed by atoms with van der Waals surface area (Å²) in [7, 11) is 2.15. The van der Waals surface area contributed by atoms with E-state index in [1.807, 2.05) is 30.3 Å². The smallest absolute Gasteiger partial charge is 0.315 e.